The highest BCUT2D eigenvalue weighted by atomic mass is 16.8. The van der Waals surface area contributed by atoms with Gasteiger partial charge in [0, 0.05) is 23.8 Å². The Morgan fingerprint density at radius 1 is 0.950 bits per heavy atom. The van der Waals surface area contributed by atoms with Crippen LogP contribution in [0.1, 0.15) is 5.56 Å². The van der Waals surface area contributed by atoms with E-state index in [1.165, 1.54) is 18.2 Å². The average Bonchev–Trinajstić information content (AvgIpc) is 3.21. The average molecular weight is 569 g/mol. The molecule has 0 unspecified atom stereocenters. The van der Waals surface area contributed by atoms with E-state index in [1.807, 2.05) is 0 Å². The van der Waals surface area contributed by atoms with Crippen LogP contribution in [0.4, 0.5) is 0 Å². The number of rotatable bonds is 8. The highest BCUT2D eigenvalue weighted by molar-refractivity contribution is 5.89. The highest BCUT2D eigenvalue weighted by Crippen LogP contribution is 2.48. The minimum absolute atomic E-state index is 0.0543. The molecule has 1 aromatic carbocycles. The number of methoxy groups -OCH3 is 1. The number of aromatic hydroxyl groups is 1. The van der Waals surface area contributed by atoms with E-state index in [0.717, 1.165) is 19.4 Å². The molecule has 1 aliphatic carbocycles. The monoisotopic (exact) mass is 568 g/mol. The predicted octanol–water partition coefficient (Wildman–Crippen LogP) is -2.24. The van der Waals surface area contributed by atoms with Gasteiger partial charge in [-0.25, -0.2) is 9.59 Å². The number of hydrogen-bond donors (Lipinski definition) is 7. The minimum atomic E-state index is -1.77. The van der Waals surface area contributed by atoms with Crippen molar-refractivity contribution < 1.29 is 69.0 Å². The fourth-order valence-corrected chi connectivity index (χ4v) is 5.18. The van der Waals surface area contributed by atoms with E-state index < -0.39 is 92.1 Å². The van der Waals surface area contributed by atoms with Crippen molar-refractivity contribution >= 4 is 18.0 Å². The number of ether oxygens (including phenoxy) is 5. The minimum Gasteiger partial charge on any atom is -0.508 e. The van der Waals surface area contributed by atoms with E-state index in [1.54, 1.807) is 12.1 Å². The number of esters is 2. The van der Waals surface area contributed by atoms with Crippen LogP contribution in [-0.4, -0.2) is 117 Å². The van der Waals surface area contributed by atoms with E-state index in [4.69, 9.17) is 23.7 Å². The number of carbonyl (C=O) groups excluding carboxylic acids is 2. The summed E-state index contributed by atoms with van der Waals surface area (Å²) in [4.78, 5) is 24.8. The Morgan fingerprint density at radius 3 is 2.30 bits per heavy atom. The van der Waals surface area contributed by atoms with Crippen molar-refractivity contribution in [3.8, 4) is 5.75 Å². The topological polar surface area (TPSA) is 222 Å². The van der Waals surface area contributed by atoms with Crippen molar-refractivity contribution in [2.45, 2.75) is 49.2 Å². The molecular formula is C26H32O14. The van der Waals surface area contributed by atoms with Crippen LogP contribution >= 0.6 is 0 Å². The molecule has 1 saturated carbocycles. The molecule has 2 fully saturated rings. The van der Waals surface area contributed by atoms with Gasteiger partial charge in [0.25, 0.3) is 0 Å². The Balaban J connectivity index is 1.54. The quantitative estimate of drug-likeness (QED) is 0.130. The van der Waals surface area contributed by atoms with Crippen LogP contribution in [0.3, 0.4) is 0 Å². The van der Waals surface area contributed by atoms with Crippen molar-refractivity contribution in [1.29, 1.82) is 0 Å². The Bertz CT molecular complexity index is 1100. The van der Waals surface area contributed by atoms with E-state index >= 15 is 0 Å². The summed E-state index contributed by atoms with van der Waals surface area (Å²) in [5.41, 5.74) is 0.487. The maximum Gasteiger partial charge on any atom is 0.337 e. The lowest BCUT2D eigenvalue weighted by atomic mass is 9.82. The predicted molar refractivity (Wildman–Crippen MR) is 130 cm³/mol. The Labute approximate surface area is 228 Å². The molecule has 4 rings (SSSR count). The number of hydrogen-bond acceptors (Lipinski definition) is 14. The van der Waals surface area contributed by atoms with Gasteiger partial charge in [0.2, 0.25) is 6.29 Å². The standard InChI is InChI=1S/C26H32O14/c1-36-24(35)14-10-38-25(40-26-23(34)22(33)20(31)15(8-27)39-26)18-13(19(30)21(32)17(14)18)9-37-16(29)7-4-11-2-5-12(28)6-3-11/h2-7,10,13,15,17-23,25-28,30-34H,8-9H2,1H3/t13-,15+,17-,18+,19-,20-,21+,22-,23-,25+,26+/m1/s1. The number of fused-ring (bicyclic) bond motifs is 1. The van der Waals surface area contributed by atoms with Gasteiger partial charge in [-0.2, -0.15) is 0 Å². The number of aliphatic hydroxyl groups is 6. The summed E-state index contributed by atoms with van der Waals surface area (Å²) >= 11 is 0. The Hall–Kier alpha value is -3.08. The van der Waals surface area contributed by atoms with Gasteiger partial charge < -0.3 is 59.4 Å². The maximum absolute atomic E-state index is 12.4. The molecule has 11 atom stereocenters. The second kappa shape index (κ2) is 12.6. The van der Waals surface area contributed by atoms with Crippen LogP contribution in [0.2, 0.25) is 0 Å². The van der Waals surface area contributed by atoms with Crippen LogP contribution in [0, 0.1) is 17.8 Å². The molecule has 3 aliphatic rings. The van der Waals surface area contributed by atoms with Gasteiger partial charge >= 0.3 is 11.9 Å². The van der Waals surface area contributed by atoms with Gasteiger partial charge in [0.05, 0.1) is 44.4 Å². The molecule has 14 nitrogen and oxygen atoms in total. The number of phenols is 1. The number of benzene rings is 1. The SMILES string of the molecule is COC(=O)C1=CO[C@@H](O[C@@H]2O[C@@H](CO)[C@@H](O)[C@@H](O)[C@H]2O)[C@H]2[C@@H](COC(=O)C=Cc3ccc(O)cc3)[C@@H](O)[C@@H](O)[C@H]12. The van der Waals surface area contributed by atoms with Crippen LogP contribution in [-0.2, 0) is 33.3 Å². The first-order valence-corrected chi connectivity index (χ1v) is 12.5. The summed E-state index contributed by atoms with van der Waals surface area (Å²) in [6.07, 6.45) is -8.97. The van der Waals surface area contributed by atoms with Crippen LogP contribution < -0.4 is 0 Å². The van der Waals surface area contributed by atoms with Gasteiger partial charge in [0.15, 0.2) is 6.29 Å². The second-order valence-corrected chi connectivity index (χ2v) is 9.71. The van der Waals surface area contributed by atoms with E-state index in [9.17, 15) is 45.3 Å². The summed E-state index contributed by atoms with van der Waals surface area (Å²) in [5, 5.41) is 71.2. The third-order valence-electron chi connectivity index (χ3n) is 7.33. The molecule has 14 heteroatoms. The van der Waals surface area contributed by atoms with Gasteiger partial charge in [-0.05, 0) is 23.8 Å². The van der Waals surface area contributed by atoms with Gasteiger partial charge in [-0.15, -0.1) is 0 Å². The van der Waals surface area contributed by atoms with Crippen molar-refractivity contribution in [3.05, 3.63) is 47.7 Å². The number of phenolic OH excluding ortho intramolecular Hbond substituents is 1. The molecule has 1 aromatic rings. The lowest BCUT2D eigenvalue weighted by molar-refractivity contribution is -0.343. The zero-order valence-corrected chi connectivity index (χ0v) is 21.3. The third kappa shape index (κ3) is 5.99. The van der Waals surface area contributed by atoms with Crippen molar-refractivity contribution in [1.82, 2.24) is 0 Å². The lowest BCUT2D eigenvalue weighted by Gasteiger charge is -2.43. The fourth-order valence-electron chi connectivity index (χ4n) is 5.18. The van der Waals surface area contributed by atoms with Crippen LogP contribution in [0.25, 0.3) is 6.08 Å². The maximum atomic E-state index is 12.4. The molecule has 0 aromatic heterocycles. The largest absolute Gasteiger partial charge is 0.508 e. The molecule has 220 valence electrons. The zero-order valence-electron chi connectivity index (χ0n) is 21.3. The zero-order chi connectivity index (χ0) is 29.1. The molecule has 0 spiro atoms. The summed E-state index contributed by atoms with van der Waals surface area (Å²) in [7, 11) is 1.12. The summed E-state index contributed by atoms with van der Waals surface area (Å²) < 4.78 is 26.8. The van der Waals surface area contributed by atoms with Crippen molar-refractivity contribution in [3.63, 3.8) is 0 Å². The molecule has 0 bridgehead atoms. The first-order chi connectivity index (χ1) is 19.1. The molecule has 7 N–H and O–H groups in total. The first-order valence-electron chi connectivity index (χ1n) is 12.5. The van der Waals surface area contributed by atoms with Crippen molar-refractivity contribution in [2.24, 2.45) is 17.8 Å². The smallest absolute Gasteiger partial charge is 0.337 e. The molecular weight excluding hydrogens is 536 g/mol. The second-order valence-electron chi connectivity index (χ2n) is 9.71. The summed E-state index contributed by atoms with van der Waals surface area (Å²) in [6.45, 7) is -1.15. The van der Waals surface area contributed by atoms with E-state index in [2.05, 4.69) is 0 Å². The summed E-state index contributed by atoms with van der Waals surface area (Å²) in [5.74, 6) is -4.78. The first kappa shape index (κ1) is 29.9. The molecule has 0 radical (unpaired) electrons. The Morgan fingerprint density at radius 2 is 1.65 bits per heavy atom. The molecule has 2 heterocycles. The fraction of sp³-hybridized carbons (Fsp3) is 0.538. The number of carbonyl (C=O) groups is 2. The highest BCUT2D eigenvalue weighted by Gasteiger charge is 2.59. The lowest BCUT2D eigenvalue weighted by Crippen LogP contribution is -2.60. The van der Waals surface area contributed by atoms with Gasteiger partial charge in [0.1, 0.15) is 30.2 Å². The van der Waals surface area contributed by atoms with Crippen molar-refractivity contribution in [2.75, 3.05) is 20.3 Å². The number of aliphatic hydroxyl groups excluding tert-OH is 6. The Kier molecular flexibility index (Phi) is 9.43. The third-order valence-corrected chi connectivity index (χ3v) is 7.33. The summed E-state index contributed by atoms with van der Waals surface area (Å²) in [6, 6.07) is 6.02. The molecule has 1 saturated heterocycles. The molecule has 40 heavy (non-hydrogen) atoms. The van der Waals surface area contributed by atoms with Crippen LogP contribution in [0.15, 0.2) is 42.2 Å². The normalized spacial score (nSPS) is 37.4. The van der Waals surface area contributed by atoms with E-state index in [0.29, 0.717) is 5.56 Å². The van der Waals surface area contributed by atoms with E-state index in [-0.39, 0.29) is 11.3 Å². The molecule has 2 aliphatic heterocycles. The van der Waals surface area contributed by atoms with Gasteiger partial charge in [-0.3, -0.25) is 0 Å². The van der Waals surface area contributed by atoms with Gasteiger partial charge in [-0.1, -0.05) is 12.1 Å². The molecule has 0 amide bonds. The van der Waals surface area contributed by atoms with Crippen LogP contribution in [0.5, 0.6) is 5.75 Å².